The van der Waals surface area contributed by atoms with E-state index in [1.807, 2.05) is 44.6 Å². The number of carbonyl (C=O) groups is 2. The van der Waals surface area contributed by atoms with Gasteiger partial charge in [0.25, 0.3) is 0 Å². The SMILES string of the molecule is COC(=O)c1sc(C#CC(C)(C)C)cc1N(Cc1nccn1C)C(=O)C1CCC(C)CC1. The first kappa shape index (κ1) is 24.1. The van der Waals surface area contributed by atoms with Gasteiger partial charge in [0.15, 0.2) is 0 Å². The molecule has 1 amide bonds. The van der Waals surface area contributed by atoms with Crippen LogP contribution in [0.1, 0.15) is 73.8 Å². The van der Waals surface area contributed by atoms with Crippen LogP contribution in [0.25, 0.3) is 0 Å². The number of esters is 1. The molecule has 0 bridgehead atoms. The van der Waals surface area contributed by atoms with Crippen molar-refractivity contribution >= 4 is 28.9 Å². The zero-order chi connectivity index (χ0) is 23.5. The molecule has 0 unspecified atom stereocenters. The molecule has 0 aliphatic heterocycles. The van der Waals surface area contributed by atoms with Crippen LogP contribution in [-0.2, 0) is 23.1 Å². The average molecular weight is 456 g/mol. The fraction of sp³-hybridized carbons (Fsp3) is 0.560. The summed E-state index contributed by atoms with van der Waals surface area (Å²) in [4.78, 5) is 33.7. The predicted octanol–water partition coefficient (Wildman–Crippen LogP) is 5.03. The second-order valence-corrected chi connectivity index (χ2v) is 10.7. The number of ether oxygens (including phenoxy) is 1. The molecule has 2 aromatic rings. The third-order valence-corrected chi connectivity index (χ3v) is 6.81. The molecule has 3 rings (SSSR count). The summed E-state index contributed by atoms with van der Waals surface area (Å²) in [7, 11) is 3.27. The number of hydrogen-bond acceptors (Lipinski definition) is 5. The van der Waals surface area contributed by atoms with Crippen LogP contribution in [0.4, 0.5) is 5.69 Å². The molecule has 6 nitrogen and oxygen atoms in total. The summed E-state index contributed by atoms with van der Waals surface area (Å²) in [6, 6.07) is 1.85. The molecule has 0 atom stereocenters. The number of amides is 1. The van der Waals surface area contributed by atoms with Gasteiger partial charge in [-0.25, -0.2) is 9.78 Å². The summed E-state index contributed by atoms with van der Waals surface area (Å²) in [6.45, 7) is 8.64. The third kappa shape index (κ3) is 5.80. The maximum absolute atomic E-state index is 13.7. The van der Waals surface area contributed by atoms with Crippen molar-refractivity contribution in [2.75, 3.05) is 12.0 Å². The third-order valence-electron chi connectivity index (χ3n) is 5.79. The van der Waals surface area contributed by atoms with E-state index in [0.29, 0.717) is 23.0 Å². The first-order valence-corrected chi connectivity index (χ1v) is 11.9. The standard InChI is InChI=1S/C25H33N3O3S/c1-17-7-9-18(10-8-17)23(29)28(16-21-26-13-14-27(21)5)20-15-19(11-12-25(2,3)4)32-22(20)24(30)31-6/h13-15,17-18H,7-10,16H2,1-6H3. The van der Waals surface area contributed by atoms with E-state index in [4.69, 9.17) is 4.74 Å². The van der Waals surface area contributed by atoms with Gasteiger partial charge < -0.3 is 14.2 Å². The van der Waals surface area contributed by atoms with Crippen LogP contribution < -0.4 is 4.90 Å². The molecule has 1 saturated carbocycles. The largest absolute Gasteiger partial charge is 0.465 e. The Bertz CT molecular complexity index is 1030. The van der Waals surface area contributed by atoms with Crippen molar-refractivity contribution in [3.05, 3.63) is 34.0 Å². The molecule has 1 aliphatic carbocycles. The molecule has 7 heteroatoms. The van der Waals surface area contributed by atoms with Gasteiger partial charge in [0, 0.05) is 30.8 Å². The van der Waals surface area contributed by atoms with Gasteiger partial charge in [-0.3, -0.25) is 4.79 Å². The Hall–Kier alpha value is -2.59. The van der Waals surface area contributed by atoms with E-state index in [0.717, 1.165) is 36.4 Å². The van der Waals surface area contributed by atoms with E-state index < -0.39 is 5.97 Å². The van der Waals surface area contributed by atoms with Gasteiger partial charge in [-0.15, -0.1) is 11.3 Å². The molecule has 0 saturated heterocycles. The number of imidazole rings is 1. The van der Waals surface area contributed by atoms with Gasteiger partial charge in [0.2, 0.25) is 5.91 Å². The van der Waals surface area contributed by atoms with Crippen LogP contribution in [-0.4, -0.2) is 28.5 Å². The maximum atomic E-state index is 13.7. The zero-order valence-corrected chi connectivity index (χ0v) is 20.7. The number of methoxy groups -OCH3 is 1. The fourth-order valence-corrected chi connectivity index (χ4v) is 4.76. The molecular formula is C25H33N3O3S. The first-order chi connectivity index (χ1) is 15.1. The maximum Gasteiger partial charge on any atom is 0.350 e. The zero-order valence-electron chi connectivity index (χ0n) is 19.9. The van der Waals surface area contributed by atoms with Crippen molar-refractivity contribution in [1.29, 1.82) is 0 Å². The highest BCUT2D eigenvalue weighted by atomic mass is 32.1. The van der Waals surface area contributed by atoms with Crippen LogP contribution in [0.3, 0.4) is 0 Å². The van der Waals surface area contributed by atoms with Crippen LogP contribution in [0.5, 0.6) is 0 Å². The lowest BCUT2D eigenvalue weighted by atomic mass is 9.82. The van der Waals surface area contributed by atoms with E-state index in [9.17, 15) is 9.59 Å². The van der Waals surface area contributed by atoms with Crippen LogP contribution >= 0.6 is 11.3 Å². The van der Waals surface area contributed by atoms with Gasteiger partial charge >= 0.3 is 5.97 Å². The highest BCUT2D eigenvalue weighted by molar-refractivity contribution is 7.15. The molecule has 1 fully saturated rings. The molecule has 2 heterocycles. The van der Waals surface area contributed by atoms with Crippen molar-refractivity contribution in [3.63, 3.8) is 0 Å². The number of thiophene rings is 1. The molecule has 2 aromatic heterocycles. The van der Waals surface area contributed by atoms with Crippen molar-refractivity contribution in [1.82, 2.24) is 9.55 Å². The molecule has 0 radical (unpaired) electrons. The predicted molar refractivity (Wildman–Crippen MR) is 128 cm³/mol. The van der Waals surface area contributed by atoms with E-state index in [2.05, 4.69) is 23.7 Å². The van der Waals surface area contributed by atoms with Gasteiger partial charge in [-0.1, -0.05) is 18.8 Å². The van der Waals surface area contributed by atoms with Crippen molar-refractivity contribution in [3.8, 4) is 11.8 Å². The van der Waals surface area contributed by atoms with Crippen LogP contribution in [0.2, 0.25) is 0 Å². The Balaban J connectivity index is 2.04. The Morgan fingerprint density at radius 1 is 1.28 bits per heavy atom. The van der Waals surface area contributed by atoms with E-state index >= 15 is 0 Å². The van der Waals surface area contributed by atoms with Crippen LogP contribution in [0.15, 0.2) is 18.5 Å². The number of nitrogens with zero attached hydrogens (tertiary/aromatic N) is 3. The molecule has 0 spiro atoms. The van der Waals surface area contributed by atoms with Gasteiger partial charge in [-0.2, -0.15) is 0 Å². The van der Waals surface area contributed by atoms with Crippen molar-refractivity contribution in [2.45, 2.75) is 59.9 Å². The lowest BCUT2D eigenvalue weighted by Crippen LogP contribution is -2.38. The number of anilines is 1. The Labute approximate surface area is 195 Å². The topological polar surface area (TPSA) is 64.4 Å². The van der Waals surface area contributed by atoms with Gasteiger partial charge in [0.1, 0.15) is 10.7 Å². The molecule has 32 heavy (non-hydrogen) atoms. The molecule has 1 aliphatic rings. The number of rotatable bonds is 5. The minimum atomic E-state index is -0.455. The summed E-state index contributed by atoms with van der Waals surface area (Å²) < 4.78 is 6.95. The first-order valence-electron chi connectivity index (χ1n) is 11.1. The number of hydrogen-bond donors (Lipinski definition) is 0. The Kier molecular flexibility index (Phi) is 7.45. The quantitative estimate of drug-likeness (QED) is 0.469. The molecule has 0 N–H and O–H groups in total. The second kappa shape index (κ2) is 9.91. The van der Waals surface area contributed by atoms with E-state index in [1.54, 1.807) is 11.1 Å². The summed E-state index contributed by atoms with van der Waals surface area (Å²) in [5.74, 6) is 7.32. The minimum Gasteiger partial charge on any atom is -0.465 e. The molecule has 172 valence electrons. The van der Waals surface area contributed by atoms with Gasteiger partial charge in [0.05, 0.1) is 24.2 Å². The number of aryl methyl sites for hydroxylation is 1. The fourth-order valence-electron chi connectivity index (χ4n) is 3.83. The Morgan fingerprint density at radius 3 is 2.53 bits per heavy atom. The highest BCUT2D eigenvalue weighted by Crippen LogP contribution is 2.36. The van der Waals surface area contributed by atoms with E-state index in [-0.39, 0.29) is 17.2 Å². The minimum absolute atomic E-state index is 0.0400. The summed E-state index contributed by atoms with van der Waals surface area (Å²) in [5.41, 5.74) is 0.392. The lowest BCUT2D eigenvalue weighted by molar-refractivity contribution is -0.123. The number of aromatic nitrogens is 2. The Morgan fingerprint density at radius 2 is 1.97 bits per heavy atom. The number of carbonyl (C=O) groups excluding carboxylic acids is 2. The van der Waals surface area contributed by atoms with E-state index in [1.165, 1.54) is 18.4 Å². The second-order valence-electron chi connectivity index (χ2n) is 9.65. The summed E-state index contributed by atoms with van der Waals surface area (Å²) in [5, 5.41) is 0. The van der Waals surface area contributed by atoms with Crippen LogP contribution in [0, 0.1) is 29.1 Å². The van der Waals surface area contributed by atoms with Crippen molar-refractivity contribution in [2.24, 2.45) is 24.3 Å². The summed E-state index contributed by atoms with van der Waals surface area (Å²) >= 11 is 1.27. The smallest absolute Gasteiger partial charge is 0.350 e. The molecule has 0 aromatic carbocycles. The molecular weight excluding hydrogens is 422 g/mol. The lowest BCUT2D eigenvalue weighted by Gasteiger charge is -2.31. The summed E-state index contributed by atoms with van der Waals surface area (Å²) in [6.07, 6.45) is 7.40. The monoisotopic (exact) mass is 455 g/mol. The normalized spacial score (nSPS) is 18.6. The van der Waals surface area contributed by atoms with Crippen molar-refractivity contribution < 1.29 is 14.3 Å². The highest BCUT2D eigenvalue weighted by Gasteiger charge is 2.33. The average Bonchev–Trinajstić information content (AvgIpc) is 3.35. The van der Waals surface area contributed by atoms with Gasteiger partial charge in [-0.05, 0) is 58.4 Å².